The van der Waals surface area contributed by atoms with Crippen LogP contribution in [0.5, 0.6) is 0 Å². The first kappa shape index (κ1) is 9.73. The number of imidazole rings is 1. The topological polar surface area (TPSA) is 66.0 Å². The molecule has 0 saturated heterocycles. The molecule has 0 fully saturated rings. The highest BCUT2D eigenvalue weighted by Gasteiger charge is 2.05. The van der Waals surface area contributed by atoms with Crippen molar-refractivity contribution in [3.8, 4) is 0 Å². The quantitative estimate of drug-likeness (QED) is 0.767. The normalized spacial score (nSPS) is 11.3. The third-order valence-corrected chi connectivity index (χ3v) is 2.30. The molecule has 0 unspecified atom stereocenters. The van der Waals surface area contributed by atoms with Gasteiger partial charge in [0.2, 0.25) is 0 Å². The fraction of sp³-hybridized carbons (Fsp3) is 0. The van der Waals surface area contributed by atoms with Crippen molar-refractivity contribution in [3.05, 3.63) is 35.1 Å². The molecule has 0 bridgehead atoms. The van der Waals surface area contributed by atoms with E-state index < -0.39 is 5.97 Å². The smallest absolute Gasteiger partial charge is 0.328 e. The van der Waals surface area contributed by atoms with Crippen LogP contribution in [0.25, 0.3) is 17.1 Å². The first-order valence-electron chi connectivity index (χ1n) is 4.21. The van der Waals surface area contributed by atoms with E-state index >= 15 is 0 Å². The fourth-order valence-corrected chi connectivity index (χ4v) is 1.53. The molecule has 0 spiro atoms. The number of aromatic amines is 1. The molecule has 0 aliphatic heterocycles. The second-order valence-electron chi connectivity index (χ2n) is 2.93. The van der Waals surface area contributed by atoms with Crippen molar-refractivity contribution in [1.82, 2.24) is 9.97 Å². The largest absolute Gasteiger partial charge is 0.478 e. The van der Waals surface area contributed by atoms with Crippen molar-refractivity contribution in [1.29, 1.82) is 0 Å². The summed E-state index contributed by atoms with van der Waals surface area (Å²) >= 11 is 5.95. The molecule has 76 valence electrons. The highest BCUT2D eigenvalue weighted by molar-refractivity contribution is 6.33. The molecule has 2 aromatic rings. The van der Waals surface area contributed by atoms with Crippen LogP contribution in [0.15, 0.2) is 24.5 Å². The summed E-state index contributed by atoms with van der Waals surface area (Å²) in [6.07, 6.45) is 4.02. The summed E-state index contributed by atoms with van der Waals surface area (Å²) in [5.74, 6) is -1.02. The highest BCUT2D eigenvalue weighted by Crippen LogP contribution is 2.24. The zero-order chi connectivity index (χ0) is 10.8. The lowest BCUT2D eigenvalue weighted by Crippen LogP contribution is -1.87. The summed E-state index contributed by atoms with van der Waals surface area (Å²) in [6, 6.07) is 3.49. The van der Waals surface area contributed by atoms with Crippen molar-refractivity contribution < 1.29 is 9.90 Å². The summed E-state index contributed by atoms with van der Waals surface area (Å²) in [6.45, 7) is 0. The van der Waals surface area contributed by atoms with E-state index in [0.29, 0.717) is 16.1 Å². The summed E-state index contributed by atoms with van der Waals surface area (Å²) in [7, 11) is 0. The number of aliphatic carboxylic acids is 1. The Morgan fingerprint density at radius 3 is 3.07 bits per heavy atom. The minimum absolute atomic E-state index is 0.479. The predicted octanol–water partition coefficient (Wildman–Crippen LogP) is 2.31. The van der Waals surface area contributed by atoms with Gasteiger partial charge in [0.05, 0.1) is 22.4 Å². The van der Waals surface area contributed by atoms with Crippen LogP contribution in [0, 0.1) is 0 Å². The van der Waals surface area contributed by atoms with Crippen LogP contribution in [-0.4, -0.2) is 21.0 Å². The molecule has 4 nitrogen and oxygen atoms in total. The molecule has 1 aromatic heterocycles. The summed E-state index contributed by atoms with van der Waals surface area (Å²) in [5, 5.41) is 9.01. The van der Waals surface area contributed by atoms with Crippen molar-refractivity contribution in [2.45, 2.75) is 0 Å². The van der Waals surface area contributed by atoms with Gasteiger partial charge in [-0.3, -0.25) is 0 Å². The maximum absolute atomic E-state index is 10.4. The SMILES string of the molecule is O=C(O)/C=C/c1c(Cl)ccc2[nH]cnc12. The van der Waals surface area contributed by atoms with Crippen molar-refractivity contribution in [3.63, 3.8) is 0 Å². The third-order valence-electron chi connectivity index (χ3n) is 1.97. The standard InChI is InChI=1S/C10H7ClN2O2/c11-7-2-3-8-10(13-5-12-8)6(7)1-4-9(14)15/h1-5H,(H,12,13)(H,14,15)/b4-1+. The van der Waals surface area contributed by atoms with E-state index in [1.165, 1.54) is 6.08 Å². The number of benzene rings is 1. The summed E-state index contributed by atoms with van der Waals surface area (Å²) in [5.41, 5.74) is 2.10. The van der Waals surface area contributed by atoms with Gasteiger partial charge in [0.1, 0.15) is 0 Å². The zero-order valence-electron chi connectivity index (χ0n) is 7.57. The van der Waals surface area contributed by atoms with Gasteiger partial charge in [-0.05, 0) is 18.2 Å². The van der Waals surface area contributed by atoms with Gasteiger partial charge in [-0.2, -0.15) is 0 Å². The van der Waals surface area contributed by atoms with Crippen LogP contribution in [0.2, 0.25) is 5.02 Å². The minimum atomic E-state index is -1.02. The minimum Gasteiger partial charge on any atom is -0.478 e. The number of fused-ring (bicyclic) bond motifs is 1. The van der Waals surface area contributed by atoms with Crippen molar-refractivity contribution >= 4 is 34.7 Å². The average molecular weight is 223 g/mol. The summed E-state index contributed by atoms with van der Waals surface area (Å²) < 4.78 is 0. The van der Waals surface area contributed by atoms with E-state index in [9.17, 15) is 4.79 Å². The molecule has 15 heavy (non-hydrogen) atoms. The Kier molecular flexibility index (Phi) is 2.43. The lowest BCUT2D eigenvalue weighted by molar-refractivity contribution is -0.131. The number of hydrogen-bond acceptors (Lipinski definition) is 2. The first-order chi connectivity index (χ1) is 7.18. The van der Waals surface area contributed by atoms with Crippen LogP contribution >= 0.6 is 11.6 Å². The van der Waals surface area contributed by atoms with E-state index in [1.807, 2.05) is 0 Å². The Morgan fingerprint density at radius 2 is 2.33 bits per heavy atom. The number of carbonyl (C=O) groups is 1. The average Bonchev–Trinajstić information content (AvgIpc) is 2.63. The van der Waals surface area contributed by atoms with Crippen molar-refractivity contribution in [2.75, 3.05) is 0 Å². The molecular weight excluding hydrogens is 216 g/mol. The molecule has 0 atom stereocenters. The number of carboxylic acids is 1. The Hall–Kier alpha value is -1.81. The number of hydrogen-bond donors (Lipinski definition) is 2. The van der Waals surface area contributed by atoms with Gasteiger partial charge >= 0.3 is 5.97 Å². The lowest BCUT2D eigenvalue weighted by Gasteiger charge is -1.98. The molecule has 0 aliphatic carbocycles. The fourth-order valence-electron chi connectivity index (χ4n) is 1.32. The van der Waals surface area contributed by atoms with E-state index in [-0.39, 0.29) is 0 Å². The van der Waals surface area contributed by atoms with Gasteiger partial charge in [-0.25, -0.2) is 9.78 Å². The van der Waals surface area contributed by atoms with E-state index in [0.717, 1.165) is 11.6 Å². The first-order valence-corrected chi connectivity index (χ1v) is 4.59. The third kappa shape index (κ3) is 1.85. The molecule has 5 heteroatoms. The number of carboxylic acid groups (broad SMARTS) is 1. The van der Waals surface area contributed by atoms with Gasteiger partial charge < -0.3 is 10.1 Å². The molecule has 0 saturated carbocycles. The molecular formula is C10H7ClN2O2. The molecule has 0 aliphatic rings. The number of nitrogens with one attached hydrogen (secondary N) is 1. The molecule has 0 amide bonds. The van der Waals surface area contributed by atoms with Crippen molar-refractivity contribution in [2.24, 2.45) is 0 Å². The zero-order valence-corrected chi connectivity index (χ0v) is 8.32. The Morgan fingerprint density at radius 1 is 1.53 bits per heavy atom. The monoisotopic (exact) mass is 222 g/mol. The molecule has 1 aromatic carbocycles. The van der Waals surface area contributed by atoms with Gasteiger partial charge in [0.15, 0.2) is 0 Å². The van der Waals surface area contributed by atoms with Gasteiger partial charge in [0, 0.05) is 11.6 Å². The Bertz CT molecular complexity index is 545. The van der Waals surface area contributed by atoms with E-state index in [1.54, 1.807) is 18.5 Å². The Labute approximate surface area is 90.2 Å². The van der Waals surface area contributed by atoms with Crippen LogP contribution in [0.3, 0.4) is 0 Å². The van der Waals surface area contributed by atoms with Crippen LogP contribution in [0.1, 0.15) is 5.56 Å². The lowest BCUT2D eigenvalue weighted by atomic mass is 10.1. The molecule has 0 radical (unpaired) electrons. The maximum atomic E-state index is 10.4. The molecule has 1 heterocycles. The number of nitrogens with zero attached hydrogens (tertiary/aromatic N) is 1. The molecule has 2 N–H and O–H groups in total. The van der Waals surface area contributed by atoms with Gasteiger partial charge in [-0.1, -0.05) is 11.6 Å². The number of H-pyrrole nitrogens is 1. The van der Waals surface area contributed by atoms with Crippen LogP contribution in [-0.2, 0) is 4.79 Å². The second-order valence-corrected chi connectivity index (χ2v) is 3.34. The van der Waals surface area contributed by atoms with E-state index in [2.05, 4.69) is 9.97 Å². The second kappa shape index (κ2) is 3.74. The highest BCUT2D eigenvalue weighted by atomic mass is 35.5. The number of aromatic nitrogens is 2. The predicted molar refractivity (Wildman–Crippen MR) is 57.8 cm³/mol. The summed E-state index contributed by atoms with van der Waals surface area (Å²) in [4.78, 5) is 17.4. The maximum Gasteiger partial charge on any atom is 0.328 e. The van der Waals surface area contributed by atoms with Gasteiger partial charge in [0.25, 0.3) is 0 Å². The van der Waals surface area contributed by atoms with Gasteiger partial charge in [-0.15, -0.1) is 0 Å². The Balaban J connectivity index is 2.61. The van der Waals surface area contributed by atoms with Crippen LogP contribution < -0.4 is 0 Å². The molecule has 2 rings (SSSR count). The van der Waals surface area contributed by atoms with Crippen LogP contribution in [0.4, 0.5) is 0 Å². The number of halogens is 1. The van der Waals surface area contributed by atoms with E-state index in [4.69, 9.17) is 16.7 Å². The number of rotatable bonds is 2.